The van der Waals surface area contributed by atoms with Gasteiger partial charge in [-0.05, 0) is 12.1 Å². The van der Waals surface area contributed by atoms with Crippen LogP contribution in [0, 0.1) is 10.1 Å². The Labute approximate surface area is 115 Å². The van der Waals surface area contributed by atoms with E-state index in [9.17, 15) is 14.9 Å². The average Bonchev–Trinajstić information content (AvgIpc) is 2.45. The monoisotopic (exact) mass is 283 g/mol. The van der Waals surface area contributed by atoms with Crippen molar-refractivity contribution in [2.75, 3.05) is 38.7 Å². The summed E-state index contributed by atoms with van der Waals surface area (Å²) in [5.41, 5.74) is 0.242. The summed E-state index contributed by atoms with van der Waals surface area (Å²) in [5, 5.41) is 31.4. The topological polar surface area (TPSA) is 116 Å². The van der Waals surface area contributed by atoms with E-state index in [1.54, 1.807) is 7.05 Å². The summed E-state index contributed by atoms with van der Waals surface area (Å²) in [6.07, 6.45) is 0. The molecular formula is C12H17N3O5. The largest absolute Gasteiger partial charge is 0.395 e. The zero-order valence-electron chi connectivity index (χ0n) is 11.1. The number of amides is 1. The molecule has 0 heterocycles. The van der Waals surface area contributed by atoms with Gasteiger partial charge in [0.15, 0.2) is 0 Å². The van der Waals surface area contributed by atoms with Crippen molar-refractivity contribution in [2.24, 2.45) is 0 Å². The molecule has 0 fully saturated rings. The Morgan fingerprint density at radius 3 is 2.40 bits per heavy atom. The Bertz CT molecular complexity index is 486. The van der Waals surface area contributed by atoms with Crippen LogP contribution < -0.4 is 5.32 Å². The Kier molecular flexibility index (Phi) is 5.88. The first-order chi connectivity index (χ1) is 9.54. The third-order valence-corrected chi connectivity index (χ3v) is 2.74. The molecule has 0 atom stereocenters. The number of nitro benzene ring substituents is 1. The zero-order chi connectivity index (χ0) is 15.1. The second kappa shape index (κ2) is 7.41. The lowest BCUT2D eigenvalue weighted by atomic mass is 10.1. The summed E-state index contributed by atoms with van der Waals surface area (Å²) in [5.74, 6) is -0.473. The van der Waals surface area contributed by atoms with Gasteiger partial charge in [-0.25, -0.2) is 0 Å². The molecule has 0 unspecified atom stereocenters. The van der Waals surface area contributed by atoms with Crippen molar-refractivity contribution in [1.29, 1.82) is 0 Å². The summed E-state index contributed by atoms with van der Waals surface area (Å²) in [7, 11) is 1.55. The van der Waals surface area contributed by atoms with Gasteiger partial charge in [0.05, 0.1) is 18.1 Å². The minimum atomic E-state index is -0.578. The van der Waals surface area contributed by atoms with Crippen molar-refractivity contribution in [3.63, 3.8) is 0 Å². The molecule has 0 saturated carbocycles. The molecule has 1 rings (SSSR count). The number of nitro groups is 1. The molecule has 0 aliphatic heterocycles. The van der Waals surface area contributed by atoms with Gasteiger partial charge in [0.1, 0.15) is 5.69 Å². The van der Waals surface area contributed by atoms with E-state index in [1.165, 1.54) is 23.1 Å². The number of anilines is 1. The zero-order valence-corrected chi connectivity index (χ0v) is 11.1. The van der Waals surface area contributed by atoms with Gasteiger partial charge in [0.25, 0.3) is 11.6 Å². The summed E-state index contributed by atoms with van der Waals surface area (Å²) >= 11 is 0. The molecule has 0 saturated heterocycles. The van der Waals surface area contributed by atoms with Crippen LogP contribution in [-0.4, -0.2) is 59.3 Å². The summed E-state index contributed by atoms with van der Waals surface area (Å²) in [6.45, 7) is -0.382. The third kappa shape index (κ3) is 3.65. The summed E-state index contributed by atoms with van der Waals surface area (Å²) in [6, 6.07) is 4.08. The van der Waals surface area contributed by atoms with Crippen molar-refractivity contribution < 1.29 is 19.9 Å². The van der Waals surface area contributed by atoms with E-state index in [0.29, 0.717) is 5.69 Å². The summed E-state index contributed by atoms with van der Waals surface area (Å²) < 4.78 is 0. The van der Waals surface area contributed by atoms with E-state index in [0.717, 1.165) is 0 Å². The van der Waals surface area contributed by atoms with Crippen LogP contribution in [0.15, 0.2) is 18.2 Å². The van der Waals surface area contributed by atoms with Crippen LogP contribution in [0.25, 0.3) is 0 Å². The van der Waals surface area contributed by atoms with E-state index in [4.69, 9.17) is 10.2 Å². The second-order valence-corrected chi connectivity index (χ2v) is 3.98. The maximum absolute atomic E-state index is 12.2. The van der Waals surface area contributed by atoms with Crippen LogP contribution in [0.5, 0.6) is 0 Å². The van der Waals surface area contributed by atoms with Gasteiger partial charge in [-0.1, -0.05) is 0 Å². The smallest absolute Gasteiger partial charge is 0.293 e. The minimum Gasteiger partial charge on any atom is -0.395 e. The number of aliphatic hydroxyl groups excluding tert-OH is 2. The molecule has 0 bridgehead atoms. The van der Waals surface area contributed by atoms with Crippen LogP contribution in [0.2, 0.25) is 0 Å². The van der Waals surface area contributed by atoms with Crippen LogP contribution in [0.1, 0.15) is 10.4 Å². The average molecular weight is 283 g/mol. The molecule has 0 aliphatic carbocycles. The molecule has 20 heavy (non-hydrogen) atoms. The molecule has 1 aromatic carbocycles. The number of benzene rings is 1. The minimum absolute atomic E-state index is 0.0565. The predicted molar refractivity (Wildman–Crippen MR) is 72.7 cm³/mol. The van der Waals surface area contributed by atoms with Gasteiger partial charge in [0.2, 0.25) is 0 Å². The fraction of sp³-hybridized carbons (Fsp3) is 0.417. The highest BCUT2D eigenvalue weighted by molar-refractivity contribution is 5.95. The molecule has 1 amide bonds. The Balaban J connectivity index is 3.08. The van der Waals surface area contributed by atoms with Gasteiger partial charge in [-0.3, -0.25) is 14.9 Å². The first-order valence-corrected chi connectivity index (χ1v) is 6.02. The number of rotatable bonds is 7. The van der Waals surface area contributed by atoms with Crippen LogP contribution in [0.3, 0.4) is 0 Å². The molecule has 0 aromatic heterocycles. The third-order valence-electron chi connectivity index (χ3n) is 2.74. The first-order valence-electron chi connectivity index (χ1n) is 6.02. The van der Waals surface area contributed by atoms with Crippen molar-refractivity contribution >= 4 is 17.3 Å². The molecule has 8 nitrogen and oxygen atoms in total. The Morgan fingerprint density at radius 1 is 1.35 bits per heavy atom. The van der Waals surface area contributed by atoms with Crippen LogP contribution in [-0.2, 0) is 0 Å². The van der Waals surface area contributed by atoms with E-state index in [-0.39, 0.29) is 37.6 Å². The lowest BCUT2D eigenvalue weighted by molar-refractivity contribution is -0.384. The lowest BCUT2D eigenvalue weighted by Gasteiger charge is -2.20. The summed E-state index contributed by atoms with van der Waals surface area (Å²) in [4.78, 5) is 23.8. The number of nitrogens with zero attached hydrogens (tertiary/aromatic N) is 2. The Morgan fingerprint density at radius 2 is 1.95 bits per heavy atom. The number of nitrogens with one attached hydrogen (secondary N) is 1. The van der Waals surface area contributed by atoms with Gasteiger partial charge < -0.3 is 20.4 Å². The molecule has 3 N–H and O–H groups in total. The van der Waals surface area contributed by atoms with Gasteiger partial charge in [0, 0.05) is 31.8 Å². The SMILES string of the molecule is CNc1ccc(C(=O)N(CCO)CCO)cc1[N+](=O)[O-]. The molecule has 0 radical (unpaired) electrons. The molecule has 110 valence electrons. The fourth-order valence-electron chi connectivity index (χ4n) is 1.77. The quantitative estimate of drug-likeness (QED) is 0.481. The van der Waals surface area contributed by atoms with E-state index in [2.05, 4.69) is 5.32 Å². The highest BCUT2D eigenvalue weighted by Gasteiger charge is 2.20. The first kappa shape index (κ1) is 15.9. The fourth-order valence-corrected chi connectivity index (χ4v) is 1.77. The van der Waals surface area contributed by atoms with Crippen molar-refractivity contribution in [2.45, 2.75) is 0 Å². The number of carbonyl (C=O) groups excluding carboxylic acids is 1. The van der Waals surface area contributed by atoms with E-state index >= 15 is 0 Å². The number of hydrogen-bond acceptors (Lipinski definition) is 6. The number of aliphatic hydroxyl groups is 2. The number of carbonyl (C=O) groups is 1. The predicted octanol–water partition coefficient (Wildman–Crippen LogP) is 0.0633. The highest BCUT2D eigenvalue weighted by Crippen LogP contribution is 2.25. The van der Waals surface area contributed by atoms with Crippen molar-refractivity contribution in [1.82, 2.24) is 4.90 Å². The maximum atomic E-state index is 12.2. The van der Waals surface area contributed by atoms with E-state index < -0.39 is 10.8 Å². The lowest BCUT2D eigenvalue weighted by Crippen LogP contribution is -2.35. The molecule has 0 spiro atoms. The van der Waals surface area contributed by atoms with Crippen LogP contribution >= 0.6 is 0 Å². The molecule has 8 heteroatoms. The second-order valence-electron chi connectivity index (χ2n) is 3.98. The number of hydrogen-bond donors (Lipinski definition) is 3. The molecule has 0 aliphatic rings. The van der Waals surface area contributed by atoms with Gasteiger partial charge >= 0.3 is 0 Å². The highest BCUT2D eigenvalue weighted by atomic mass is 16.6. The van der Waals surface area contributed by atoms with Crippen molar-refractivity contribution in [3.8, 4) is 0 Å². The van der Waals surface area contributed by atoms with E-state index in [1.807, 2.05) is 0 Å². The molecule has 1 aromatic rings. The Hall–Kier alpha value is -2.19. The molecular weight excluding hydrogens is 266 g/mol. The van der Waals surface area contributed by atoms with Gasteiger partial charge in [-0.15, -0.1) is 0 Å². The van der Waals surface area contributed by atoms with Crippen molar-refractivity contribution in [3.05, 3.63) is 33.9 Å². The van der Waals surface area contributed by atoms with Gasteiger partial charge in [-0.2, -0.15) is 0 Å². The normalized spacial score (nSPS) is 10.2. The van der Waals surface area contributed by atoms with Crippen LogP contribution in [0.4, 0.5) is 11.4 Å². The maximum Gasteiger partial charge on any atom is 0.293 e. The standard InChI is InChI=1S/C12H17N3O5/c1-13-10-3-2-9(8-11(10)15(19)20)12(18)14(4-6-16)5-7-17/h2-3,8,13,16-17H,4-7H2,1H3.